The Morgan fingerprint density at radius 1 is 1.18 bits per heavy atom. The average Bonchev–Trinajstić information content (AvgIpc) is 3.59. The highest BCUT2D eigenvalue weighted by molar-refractivity contribution is 6.74. The number of carbonyl (C=O) groups excluding carboxylic acids is 1. The zero-order chi connectivity index (χ0) is 31.5. The van der Waals surface area contributed by atoms with Gasteiger partial charge in [0.1, 0.15) is 11.5 Å². The van der Waals surface area contributed by atoms with Crippen LogP contribution in [0.1, 0.15) is 82.5 Å². The quantitative estimate of drug-likeness (QED) is 0.180. The first-order chi connectivity index (χ1) is 21.0. The van der Waals surface area contributed by atoms with E-state index in [1.807, 2.05) is 12.3 Å². The van der Waals surface area contributed by atoms with Crippen molar-refractivity contribution in [1.29, 1.82) is 0 Å². The number of unbranched alkanes of at least 4 members (excludes halogenated alkanes) is 1. The number of aromatic hydroxyl groups is 1. The van der Waals surface area contributed by atoms with Crippen LogP contribution in [-0.4, -0.2) is 82.8 Å². The highest BCUT2D eigenvalue weighted by Crippen LogP contribution is 2.42. The Morgan fingerprint density at radius 2 is 1.93 bits per heavy atom. The number of fused-ring (bicyclic) bond motifs is 1. The lowest BCUT2D eigenvalue weighted by molar-refractivity contribution is -0.0568. The first-order valence-electron chi connectivity index (χ1n) is 16.1. The number of hydrogen-bond donors (Lipinski definition) is 1. The van der Waals surface area contributed by atoms with Crippen LogP contribution in [0, 0.1) is 0 Å². The van der Waals surface area contributed by atoms with E-state index in [9.17, 15) is 9.90 Å². The molecule has 0 aromatic carbocycles. The van der Waals surface area contributed by atoms with Gasteiger partial charge in [0, 0.05) is 30.7 Å². The lowest BCUT2D eigenvalue weighted by Crippen LogP contribution is -2.54. The van der Waals surface area contributed by atoms with Gasteiger partial charge in [0.05, 0.1) is 38.0 Å². The van der Waals surface area contributed by atoms with Crippen LogP contribution in [-0.2, 0) is 21.1 Å². The van der Waals surface area contributed by atoms with E-state index in [1.54, 1.807) is 4.90 Å². The van der Waals surface area contributed by atoms with Gasteiger partial charge in [0.15, 0.2) is 14.0 Å². The van der Waals surface area contributed by atoms with Gasteiger partial charge in [-0.05, 0) is 55.6 Å². The molecule has 3 aromatic heterocycles. The van der Waals surface area contributed by atoms with Crippen molar-refractivity contribution in [3.63, 3.8) is 0 Å². The molecule has 5 rings (SSSR count). The zero-order valence-corrected chi connectivity index (χ0v) is 28.3. The minimum atomic E-state index is -2.01. The highest BCUT2D eigenvalue weighted by Gasteiger charge is 2.41. The predicted octanol–water partition coefficient (Wildman–Crippen LogP) is 6.09. The molecule has 0 bridgehead atoms. The van der Waals surface area contributed by atoms with Crippen LogP contribution in [0.4, 0.5) is 0 Å². The van der Waals surface area contributed by atoms with Gasteiger partial charge in [0.25, 0.3) is 11.8 Å². The van der Waals surface area contributed by atoms with Crippen molar-refractivity contribution in [2.75, 3.05) is 33.0 Å². The molecule has 2 fully saturated rings. The second-order valence-corrected chi connectivity index (χ2v) is 18.7. The summed E-state index contributed by atoms with van der Waals surface area (Å²) in [6.45, 7) is 15.2. The molecule has 240 valence electrons. The lowest BCUT2D eigenvalue weighted by atomic mass is 9.92. The third-order valence-corrected chi connectivity index (χ3v) is 14.3. The molecule has 0 radical (unpaired) electrons. The Bertz CT molecular complexity index is 1440. The van der Waals surface area contributed by atoms with E-state index in [1.165, 1.54) is 0 Å². The fraction of sp³-hybridized carbons (Fsp3) is 0.636. The number of rotatable bonds is 13. The summed E-state index contributed by atoms with van der Waals surface area (Å²) in [4.78, 5) is 30.2. The van der Waals surface area contributed by atoms with E-state index in [0.29, 0.717) is 45.2 Å². The van der Waals surface area contributed by atoms with E-state index in [-0.39, 0.29) is 39.8 Å². The summed E-state index contributed by atoms with van der Waals surface area (Å²) in [5.74, 6) is -0.108. The number of pyridine rings is 1. The van der Waals surface area contributed by atoms with E-state index < -0.39 is 8.32 Å². The van der Waals surface area contributed by atoms with Gasteiger partial charge in [0.2, 0.25) is 5.75 Å². The van der Waals surface area contributed by atoms with E-state index in [2.05, 4.69) is 73.7 Å². The van der Waals surface area contributed by atoms with Gasteiger partial charge in [-0.15, -0.1) is 0 Å². The van der Waals surface area contributed by atoms with Crippen LogP contribution in [0.3, 0.4) is 0 Å². The smallest absolute Gasteiger partial charge is 0.277 e. The summed E-state index contributed by atoms with van der Waals surface area (Å²) in [5, 5.41) is 12.4. The molecule has 1 aliphatic carbocycles. The third kappa shape index (κ3) is 6.64. The monoisotopic (exact) mass is 623 g/mol. The topological polar surface area (TPSA) is 112 Å². The molecule has 1 N–H and O–H groups in total. The van der Waals surface area contributed by atoms with Crippen molar-refractivity contribution in [3.8, 4) is 11.6 Å². The maximum absolute atomic E-state index is 14.3. The Kier molecular flexibility index (Phi) is 9.67. The molecule has 0 atom stereocenters. The molecule has 0 spiro atoms. The van der Waals surface area contributed by atoms with Crippen molar-refractivity contribution >= 4 is 25.3 Å². The molecular formula is C33H49N5O5Si. The van der Waals surface area contributed by atoms with E-state index >= 15 is 0 Å². The predicted molar refractivity (Wildman–Crippen MR) is 173 cm³/mol. The Labute approximate surface area is 262 Å². The number of amides is 1. The Hall–Kier alpha value is -3.02. The van der Waals surface area contributed by atoms with Gasteiger partial charge in [-0.2, -0.15) is 4.98 Å². The van der Waals surface area contributed by atoms with Gasteiger partial charge >= 0.3 is 0 Å². The van der Waals surface area contributed by atoms with Crippen molar-refractivity contribution in [1.82, 2.24) is 24.4 Å². The highest BCUT2D eigenvalue weighted by atomic mass is 28.4. The number of aromatic nitrogens is 4. The molecule has 11 heteroatoms. The second-order valence-electron chi connectivity index (χ2n) is 13.9. The van der Waals surface area contributed by atoms with Gasteiger partial charge < -0.3 is 28.5 Å². The normalized spacial score (nSPS) is 17.1. The molecule has 3 aromatic rings. The molecular weight excluding hydrogens is 574 g/mol. The molecule has 1 saturated carbocycles. The largest absolute Gasteiger partial charge is 0.491 e. The Morgan fingerprint density at radius 3 is 2.59 bits per heavy atom. The van der Waals surface area contributed by atoms with Crippen LogP contribution in [0.15, 0.2) is 30.6 Å². The fourth-order valence-electron chi connectivity index (χ4n) is 5.94. The van der Waals surface area contributed by atoms with Gasteiger partial charge in [-0.3, -0.25) is 4.79 Å². The maximum Gasteiger partial charge on any atom is 0.277 e. The van der Waals surface area contributed by atoms with Gasteiger partial charge in [-0.25, -0.2) is 9.97 Å². The van der Waals surface area contributed by atoms with Crippen LogP contribution < -0.4 is 4.74 Å². The van der Waals surface area contributed by atoms with Crippen molar-refractivity contribution in [2.24, 2.45) is 0 Å². The van der Waals surface area contributed by atoms with Crippen molar-refractivity contribution in [3.05, 3.63) is 42.1 Å². The van der Waals surface area contributed by atoms with Crippen LogP contribution >= 0.6 is 0 Å². The molecule has 1 aliphatic heterocycles. The minimum Gasteiger partial charge on any atom is -0.491 e. The summed E-state index contributed by atoms with van der Waals surface area (Å²) in [5.41, 5.74) is 0.727. The second kappa shape index (κ2) is 13.1. The summed E-state index contributed by atoms with van der Waals surface area (Å²) in [7, 11) is -2.01. The average molecular weight is 624 g/mol. The summed E-state index contributed by atoms with van der Waals surface area (Å²) in [6.07, 6.45) is 10.1. The van der Waals surface area contributed by atoms with E-state index in [0.717, 1.165) is 49.6 Å². The number of nitrogens with zero attached hydrogens (tertiary/aromatic N) is 5. The number of carbonyl (C=O) groups is 1. The lowest BCUT2D eigenvalue weighted by Gasteiger charge is -2.40. The zero-order valence-electron chi connectivity index (χ0n) is 27.3. The Balaban J connectivity index is 1.47. The first-order valence-corrected chi connectivity index (χ1v) is 19.0. The van der Waals surface area contributed by atoms with Crippen LogP contribution in [0.2, 0.25) is 18.1 Å². The summed E-state index contributed by atoms with van der Waals surface area (Å²) in [6, 6.07) is 6.01. The minimum absolute atomic E-state index is 0.0521. The number of ether oxygens (including phenoxy) is 2. The SMILES string of the molecule is CCCCOc1c(O)nc(CC2(n3ccc4cccnc43)CCCC2)nc1C(=O)N(CCO[Si](C)(C)C(C)(C)C)C1COC1. The molecule has 0 unspecified atom stereocenters. The fourth-order valence-corrected chi connectivity index (χ4v) is 6.98. The molecule has 4 heterocycles. The van der Waals surface area contributed by atoms with Crippen LogP contribution in [0.25, 0.3) is 11.0 Å². The standard InChI is InChI=1S/C33H49N5O5Si/c1-7-8-19-42-28-27(31(40)37(25-22-41-23-25)18-20-43-44(5,6)32(2,3)4)35-26(36-30(28)39)21-33(14-9-10-15-33)38-17-13-24-12-11-16-34-29(24)38/h11-13,16-17,25H,7-10,14-15,18-23H2,1-6H3,(H,35,36,39). The number of hydrogen-bond acceptors (Lipinski definition) is 8. The van der Waals surface area contributed by atoms with Crippen molar-refractivity contribution in [2.45, 2.75) is 102 Å². The third-order valence-electron chi connectivity index (χ3n) is 9.74. The molecule has 44 heavy (non-hydrogen) atoms. The van der Waals surface area contributed by atoms with Crippen LogP contribution in [0.5, 0.6) is 11.6 Å². The van der Waals surface area contributed by atoms with E-state index in [4.69, 9.17) is 18.9 Å². The summed E-state index contributed by atoms with van der Waals surface area (Å²) >= 11 is 0. The van der Waals surface area contributed by atoms with Gasteiger partial charge in [-0.1, -0.05) is 47.0 Å². The first kappa shape index (κ1) is 32.4. The molecule has 1 amide bonds. The molecule has 10 nitrogen and oxygen atoms in total. The molecule has 1 saturated heterocycles. The maximum atomic E-state index is 14.3. The van der Waals surface area contributed by atoms with Crippen molar-refractivity contribution < 1.29 is 23.8 Å². The summed E-state index contributed by atoms with van der Waals surface area (Å²) < 4.78 is 20.2. The molecule has 2 aliphatic rings.